The maximum absolute atomic E-state index is 10.1. The minimum absolute atomic E-state index is 0.237. The highest BCUT2D eigenvalue weighted by Crippen LogP contribution is 2.23. The van der Waals surface area contributed by atoms with Gasteiger partial charge in [0.05, 0.1) is 12.4 Å². The van der Waals surface area contributed by atoms with Crippen LogP contribution in [0.5, 0.6) is 5.75 Å². The number of aliphatic hydroxyl groups excluding tert-OH is 1. The second kappa shape index (κ2) is 7.55. The van der Waals surface area contributed by atoms with E-state index in [0.29, 0.717) is 17.3 Å². The van der Waals surface area contributed by atoms with Crippen molar-refractivity contribution >= 4 is 11.8 Å². The largest absolute Gasteiger partial charge is 0.491 e. The lowest BCUT2D eigenvalue weighted by atomic mass is 10.2. The third-order valence-electron chi connectivity index (χ3n) is 3.51. The molecule has 1 N–H and O–H groups in total. The van der Waals surface area contributed by atoms with Gasteiger partial charge in [0, 0.05) is 12.8 Å². The normalized spacial score (nSPS) is 12.3. The SMILES string of the molecule is Cc1ccccc1OCC(O)CSc1nnc(-c2ccco2)n1C. The standard InChI is InChI=1S/C17H19N3O3S/c1-12-6-3-4-7-14(12)23-10-13(21)11-24-17-19-18-16(20(17)2)15-8-5-9-22-15/h3-9,13,21H,10-11H2,1-2H3. The van der Waals surface area contributed by atoms with Crippen LogP contribution in [-0.4, -0.2) is 38.3 Å². The smallest absolute Gasteiger partial charge is 0.200 e. The summed E-state index contributed by atoms with van der Waals surface area (Å²) in [7, 11) is 1.87. The van der Waals surface area contributed by atoms with Crippen molar-refractivity contribution in [2.75, 3.05) is 12.4 Å². The van der Waals surface area contributed by atoms with Gasteiger partial charge >= 0.3 is 0 Å². The van der Waals surface area contributed by atoms with Gasteiger partial charge in [-0.15, -0.1) is 10.2 Å². The van der Waals surface area contributed by atoms with Crippen LogP contribution < -0.4 is 4.74 Å². The Morgan fingerprint density at radius 1 is 1.25 bits per heavy atom. The fraction of sp³-hybridized carbons (Fsp3) is 0.294. The van der Waals surface area contributed by atoms with Gasteiger partial charge in [0.25, 0.3) is 0 Å². The third-order valence-corrected chi connectivity index (χ3v) is 4.67. The van der Waals surface area contributed by atoms with E-state index in [1.807, 2.05) is 54.9 Å². The number of para-hydroxylation sites is 1. The Bertz CT molecular complexity index is 786. The van der Waals surface area contributed by atoms with Crippen LogP contribution in [0.25, 0.3) is 11.6 Å². The Morgan fingerprint density at radius 3 is 2.83 bits per heavy atom. The molecule has 3 aromatic rings. The lowest BCUT2D eigenvalue weighted by molar-refractivity contribution is 0.126. The lowest BCUT2D eigenvalue weighted by Gasteiger charge is -2.13. The van der Waals surface area contributed by atoms with E-state index in [0.717, 1.165) is 16.5 Å². The predicted octanol–water partition coefficient (Wildman–Crippen LogP) is 2.92. The first-order valence-corrected chi connectivity index (χ1v) is 8.56. The summed E-state index contributed by atoms with van der Waals surface area (Å²) in [4.78, 5) is 0. The van der Waals surface area contributed by atoms with Gasteiger partial charge in [0.2, 0.25) is 0 Å². The van der Waals surface area contributed by atoms with Crippen molar-refractivity contribution < 1.29 is 14.3 Å². The van der Waals surface area contributed by atoms with Crippen LogP contribution in [0.2, 0.25) is 0 Å². The quantitative estimate of drug-likeness (QED) is 0.664. The second-order valence-electron chi connectivity index (χ2n) is 5.38. The van der Waals surface area contributed by atoms with Gasteiger partial charge in [-0.1, -0.05) is 30.0 Å². The number of aromatic nitrogens is 3. The van der Waals surface area contributed by atoms with Crippen LogP contribution in [0.4, 0.5) is 0 Å². The minimum Gasteiger partial charge on any atom is -0.491 e. The maximum atomic E-state index is 10.1. The summed E-state index contributed by atoms with van der Waals surface area (Å²) >= 11 is 1.43. The van der Waals surface area contributed by atoms with E-state index in [-0.39, 0.29) is 6.61 Å². The number of nitrogens with zero attached hydrogens (tertiary/aromatic N) is 3. The molecule has 2 aromatic heterocycles. The molecular formula is C17H19N3O3S. The van der Waals surface area contributed by atoms with Crippen LogP contribution in [0.15, 0.2) is 52.2 Å². The van der Waals surface area contributed by atoms with E-state index < -0.39 is 6.10 Å². The molecule has 1 atom stereocenters. The maximum Gasteiger partial charge on any atom is 0.200 e. The average molecular weight is 345 g/mol. The summed E-state index contributed by atoms with van der Waals surface area (Å²) in [6, 6.07) is 11.4. The highest BCUT2D eigenvalue weighted by Gasteiger charge is 2.15. The molecule has 1 aromatic carbocycles. The number of thioether (sulfide) groups is 1. The number of benzene rings is 1. The molecule has 7 heteroatoms. The van der Waals surface area contributed by atoms with E-state index in [1.165, 1.54) is 11.8 Å². The minimum atomic E-state index is -0.599. The number of hydrogen-bond acceptors (Lipinski definition) is 6. The van der Waals surface area contributed by atoms with Crippen LogP contribution in [0.3, 0.4) is 0 Å². The summed E-state index contributed by atoms with van der Waals surface area (Å²) in [5.41, 5.74) is 1.05. The van der Waals surface area contributed by atoms with Crippen molar-refractivity contribution in [2.24, 2.45) is 7.05 Å². The van der Waals surface area contributed by atoms with E-state index in [4.69, 9.17) is 9.15 Å². The van der Waals surface area contributed by atoms with Crippen molar-refractivity contribution in [1.82, 2.24) is 14.8 Å². The van der Waals surface area contributed by atoms with Gasteiger partial charge in [0.15, 0.2) is 16.7 Å². The highest BCUT2D eigenvalue weighted by atomic mass is 32.2. The number of hydrogen-bond donors (Lipinski definition) is 1. The fourth-order valence-electron chi connectivity index (χ4n) is 2.18. The van der Waals surface area contributed by atoms with Gasteiger partial charge in [-0.2, -0.15) is 0 Å². The molecule has 126 valence electrons. The number of ether oxygens (including phenoxy) is 1. The van der Waals surface area contributed by atoms with Crippen molar-refractivity contribution in [1.29, 1.82) is 0 Å². The summed E-state index contributed by atoms with van der Waals surface area (Å²) in [6.07, 6.45) is 1.00. The fourth-order valence-corrected chi connectivity index (χ4v) is 3.00. The molecule has 0 aliphatic heterocycles. The molecule has 0 spiro atoms. The topological polar surface area (TPSA) is 73.3 Å². The zero-order chi connectivity index (χ0) is 16.9. The van der Waals surface area contributed by atoms with Crippen molar-refractivity contribution in [3.05, 3.63) is 48.2 Å². The van der Waals surface area contributed by atoms with E-state index in [9.17, 15) is 5.11 Å². The van der Waals surface area contributed by atoms with Gasteiger partial charge in [-0.3, -0.25) is 0 Å². The number of aliphatic hydroxyl groups is 1. The molecule has 0 radical (unpaired) electrons. The summed E-state index contributed by atoms with van der Waals surface area (Å²) in [6.45, 7) is 2.22. The molecule has 0 saturated heterocycles. The van der Waals surface area contributed by atoms with Crippen LogP contribution in [0, 0.1) is 6.92 Å². The molecule has 6 nitrogen and oxygen atoms in total. The number of aryl methyl sites for hydroxylation is 1. The molecule has 0 amide bonds. The second-order valence-corrected chi connectivity index (χ2v) is 6.37. The molecule has 0 aliphatic carbocycles. The number of furan rings is 1. The highest BCUT2D eigenvalue weighted by molar-refractivity contribution is 7.99. The molecule has 0 bridgehead atoms. The van der Waals surface area contributed by atoms with E-state index >= 15 is 0 Å². The zero-order valence-corrected chi connectivity index (χ0v) is 14.4. The Labute approximate surface area is 144 Å². The van der Waals surface area contributed by atoms with Gasteiger partial charge in [0.1, 0.15) is 12.4 Å². The lowest BCUT2D eigenvalue weighted by Crippen LogP contribution is -2.20. The van der Waals surface area contributed by atoms with E-state index in [2.05, 4.69) is 10.2 Å². The third kappa shape index (κ3) is 3.80. The predicted molar refractivity (Wildman–Crippen MR) is 92.1 cm³/mol. The molecule has 24 heavy (non-hydrogen) atoms. The first-order chi connectivity index (χ1) is 11.6. The average Bonchev–Trinajstić information content (AvgIpc) is 3.22. The molecule has 0 fully saturated rings. The Kier molecular flexibility index (Phi) is 5.22. The van der Waals surface area contributed by atoms with Crippen molar-refractivity contribution in [2.45, 2.75) is 18.2 Å². The van der Waals surface area contributed by atoms with Crippen LogP contribution in [-0.2, 0) is 7.05 Å². The molecule has 2 heterocycles. The Morgan fingerprint density at radius 2 is 2.08 bits per heavy atom. The van der Waals surface area contributed by atoms with Crippen LogP contribution in [0.1, 0.15) is 5.56 Å². The van der Waals surface area contributed by atoms with E-state index in [1.54, 1.807) is 6.26 Å². The van der Waals surface area contributed by atoms with Gasteiger partial charge < -0.3 is 18.8 Å². The van der Waals surface area contributed by atoms with Crippen LogP contribution >= 0.6 is 11.8 Å². The molecule has 0 saturated carbocycles. The number of rotatable bonds is 7. The Hall–Kier alpha value is -2.25. The molecular weight excluding hydrogens is 326 g/mol. The first-order valence-electron chi connectivity index (χ1n) is 7.57. The van der Waals surface area contributed by atoms with Gasteiger partial charge in [-0.25, -0.2) is 0 Å². The zero-order valence-electron chi connectivity index (χ0n) is 13.5. The molecule has 1 unspecified atom stereocenters. The van der Waals surface area contributed by atoms with Gasteiger partial charge in [-0.05, 0) is 30.7 Å². The summed E-state index contributed by atoms with van der Waals surface area (Å²) in [5, 5.41) is 19.1. The summed E-state index contributed by atoms with van der Waals surface area (Å²) in [5.74, 6) is 2.59. The first kappa shape index (κ1) is 16.6. The van der Waals surface area contributed by atoms with Crippen molar-refractivity contribution in [3.8, 4) is 17.3 Å². The Balaban J connectivity index is 1.53. The van der Waals surface area contributed by atoms with Crippen molar-refractivity contribution in [3.63, 3.8) is 0 Å². The summed E-state index contributed by atoms with van der Waals surface area (Å²) < 4.78 is 12.8. The molecule has 0 aliphatic rings. The molecule has 3 rings (SSSR count). The monoisotopic (exact) mass is 345 g/mol.